The Balaban J connectivity index is 2.45. The highest BCUT2D eigenvalue weighted by Gasteiger charge is 2.16. The van der Waals surface area contributed by atoms with E-state index in [1.54, 1.807) is 0 Å². The molecule has 0 fully saturated rings. The quantitative estimate of drug-likeness (QED) is 0.814. The van der Waals surface area contributed by atoms with Gasteiger partial charge >= 0.3 is 0 Å². The van der Waals surface area contributed by atoms with Crippen molar-refractivity contribution in [1.82, 2.24) is 9.78 Å². The molecule has 2 aromatic rings. The molecular formula is C12H15ClN2O. The van der Waals surface area contributed by atoms with E-state index in [0.717, 1.165) is 35.9 Å². The van der Waals surface area contributed by atoms with Gasteiger partial charge < -0.3 is 4.42 Å². The van der Waals surface area contributed by atoms with E-state index in [1.165, 1.54) is 0 Å². The zero-order chi connectivity index (χ0) is 11.7. The lowest BCUT2D eigenvalue weighted by molar-refractivity contribution is 0.540. The van der Waals surface area contributed by atoms with Gasteiger partial charge in [-0.2, -0.15) is 5.10 Å². The Morgan fingerprint density at radius 3 is 2.69 bits per heavy atom. The molecule has 2 aromatic heterocycles. The molecule has 2 heterocycles. The minimum absolute atomic E-state index is 0.683. The zero-order valence-electron chi connectivity index (χ0n) is 9.75. The van der Waals surface area contributed by atoms with Crippen molar-refractivity contribution in [3.63, 3.8) is 0 Å². The minimum atomic E-state index is 0.683. The van der Waals surface area contributed by atoms with Gasteiger partial charge in [0.2, 0.25) is 0 Å². The first-order valence-electron chi connectivity index (χ1n) is 5.43. The molecule has 16 heavy (non-hydrogen) atoms. The summed E-state index contributed by atoms with van der Waals surface area (Å²) in [6.45, 7) is 6.88. The first-order chi connectivity index (χ1) is 7.63. The van der Waals surface area contributed by atoms with Crippen LogP contribution in [0.15, 0.2) is 16.5 Å². The Labute approximate surface area is 100 Å². The van der Waals surface area contributed by atoms with E-state index in [2.05, 4.69) is 12.0 Å². The SMILES string of the molecule is CCCn1nc(-c2ccc(C)o2)c(Cl)c1C. The maximum atomic E-state index is 6.25. The molecule has 0 aromatic carbocycles. The van der Waals surface area contributed by atoms with E-state index in [0.29, 0.717) is 5.02 Å². The molecule has 86 valence electrons. The summed E-state index contributed by atoms with van der Waals surface area (Å²) in [6.07, 6.45) is 1.04. The summed E-state index contributed by atoms with van der Waals surface area (Å²) in [7, 11) is 0. The second-order valence-corrected chi connectivity index (χ2v) is 4.26. The molecular weight excluding hydrogens is 224 g/mol. The van der Waals surface area contributed by atoms with Crippen LogP contribution in [0.2, 0.25) is 5.02 Å². The predicted molar refractivity (Wildman–Crippen MR) is 64.7 cm³/mol. The van der Waals surface area contributed by atoms with Crippen molar-refractivity contribution in [2.75, 3.05) is 0 Å². The number of aryl methyl sites for hydroxylation is 2. The second kappa shape index (κ2) is 4.34. The van der Waals surface area contributed by atoms with Gasteiger partial charge in [-0.1, -0.05) is 18.5 Å². The van der Waals surface area contributed by atoms with E-state index >= 15 is 0 Å². The number of hydrogen-bond donors (Lipinski definition) is 0. The molecule has 0 bridgehead atoms. The molecule has 0 saturated heterocycles. The number of furan rings is 1. The summed E-state index contributed by atoms with van der Waals surface area (Å²) in [5.74, 6) is 1.61. The van der Waals surface area contributed by atoms with Crippen LogP contribution in [0.25, 0.3) is 11.5 Å². The fourth-order valence-corrected chi connectivity index (χ4v) is 1.90. The normalized spacial score (nSPS) is 11.0. The van der Waals surface area contributed by atoms with Crippen LogP contribution in [0.4, 0.5) is 0 Å². The van der Waals surface area contributed by atoms with Crippen LogP contribution in [0.5, 0.6) is 0 Å². The average molecular weight is 239 g/mol. The molecule has 2 rings (SSSR count). The highest BCUT2D eigenvalue weighted by Crippen LogP contribution is 2.30. The van der Waals surface area contributed by atoms with Crippen molar-refractivity contribution in [2.45, 2.75) is 33.7 Å². The van der Waals surface area contributed by atoms with Gasteiger partial charge in [0, 0.05) is 6.54 Å². The summed E-state index contributed by atoms with van der Waals surface area (Å²) < 4.78 is 7.46. The number of halogens is 1. The van der Waals surface area contributed by atoms with Crippen LogP contribution in [-0.2, 0) is 6.54 Å². The molecule has 0 radical (unpaired) electrons. The lowest BCUT2D eigenvalue weighted by Gasteiger charge is -1.99. The maximum absolute atomic E-state index is 6.25. The predicted octanol–water partition coefficient (Wildman–Crippen LogP) is 3.82. The van der Waals surface area contributed by atoms with Crippen molar-refractivity contribution in [3.05, 3.63) is 28.6 Å². The smallest absolute Gasteiger partial charge is 0.156 e. The van der Waals surface area contributed by atoms with Gasteiger partial charge in [-0.3, -0.25) is 4.68 Å². The molecule has 0 aliphatic rings. The topological polar surface area (TPSA) is 31.0 Å². The molecule has 0 amide bonds. The van der Waals surface area contributed by atoms with Crippen LogP contribution in [-0.4, -0.2) is 9.78 Å². The summed E-state index contributed by atoms with van der Waals surface area (Å²) in [6, 6.07) is 3.82. The van der Waals surface area contributed by atoms with E-state index in [9.17, 15) is 0 Å². The second-order valence-electron chi connectivity index (χ2n) is 3.88. The lowest BCUT2D eigenvalue weighted by atomic mass is 10.3. The van der Waals surface area contributed by atoms with Gasteiger partial charge in [0.15, 0.2) is 5.76 Å². The van der Waals surface area contributed by atoms with Crippen molar-refractivity contribution >= 4 is 11.6 Å². The number of aromatic nitrogens is 2. The molecule has 4 heteroatoms. The highest BCUT2D eigenvalue weighted by molar-refractivity contribution is 6.33. The Morgan fingerprint density at radius 1 is 1.38 bits per heavy atom. The van der Waals surface area contributed by atoms with E-state index in [4.69, 9.17) is 16.0 Å². The van der Waals surface area contributed by atoms with E-state index in [1.807, 2.05) is 30.7 Å². The summed E-state index contributed by atoms with van der Waals surface area (Å²) in [5, 5.41) is 5.16. The van der Waals surface area contributed by atoms with Gasteiger partial charge in [-0.05, 0) is 32.4 Å². The summed E-state index contributed by atoms with van der Waals surface area (Å²) in [5.41, 5.74) is 1.73. The zero-order valence-corrected chi connectivity index (χ0v) is 10.5. The summed E-state index contributed by atoms with van der Waals surface area (Å²) in [4.78, 5) is 0. The highest BCUT2D eigenvalue weighted by atomic mass is 35.5. The van der Waals surface area contributed by atoms with E-state index in [-0.39, 0.29) is 0 Å². The fourth-order valence-electron chi connectivity index (χ4n) is 1.67. The Morgan fingerprint density at radius 2 is 2.12 bits per heavy atom. The number of nitrogens with zero attached hydrogens (tertiary/aromatic N) is 2. The van der Waals surface area contributed by atoms with Crippen LogP contribution >= 0.6 is 11.6 Å². The van der Waals surface area contributed by atoms with Gasteiger partial charge in [-0.15, -0.1) is 0 Å². The molecule has 0 atom stereocenters. The van der Waals surface area contributed by atoms with E-state index < -0.39 is 0 Å². The van der Waals surface area contributed by atoms with Gasteiger partial charge in [-0.25, -0.2) is 0 Å². The van der Waals surface area contributed by atoms with Crippen molar-refractivity contribution < 1.29 is 4.42 Å². The molecule has 0 aliphatic carbocycles. The largest absolute Gasteiger partial charge is 0.460 e. The molecule has 0 saturated carbocycles. The van der Waals surface area contributed by atoms with Crippen LogP contribution in [0.3, 0.4) is 0 Å². The third-order valence-electron chi connectivity index (χ3n) is 2.54. The fraction of sp³-hybridized carbons (Fsp3) is 0.417. The standard InChI is InChI=1S/C12H15ClN2O/c1-4-7-15-9(3)11(13)12(14-15)10-6-5-8(2)16-10/h5-6H,4,7H2,1-3H3. The average Bonchev–Trinajstić information content (AvgIpc) is 2.78. The first-order valence-corrected chi connectivity index (χ1v) is 5.81. The van der Waals surface area contributed by atoms with Gasteiger partial charge in [0.1, 0.15) is 11.5 Å². The van der Waals surface area contributed by atoms with Crippen LogP contribution in [0.1, 0.15) is 24.8 Å². The third kappa shape index (κ3) is 1.87. The first kappa shape index (κ1) is 11.3. The van der Waals surface area contributed by atoms with Gasteiger partial charge in [0.25, 0.3) is 0 Å². The molecule has 0 N–H and O–H groups in total. The minimum Gasteiger partial charge on any atom is -0.460 e. The van der Waals surface area contributed by atoms with Crippen LogP contribution in [0, 0.1) is 13.8 Å². The van der Waals surface area contributed by atoms with Crippen molar-refractivity contribution in [2.24, 2.45) is 0 Å². The van der Waals surface area contributed by atoms with Gasteiger partial charge in [0.05, 0.1) is 10.7 Å². The molecule has 0 spiro atoms. The number of rotatable bonds is 3. The van der Waals surface area contributed by atoms with Crippen molar-refractivity contribution in [3.8, 4) is 11.5 Å². The maximum Gasteiger partial charge on any atom is 0.156 e. The Hall–Kier alpha value is -1.22. The monoisotopic (exact) mass is 238 g/mol. The third-order valence-corrected chi connectivity index (χ3v) is 3.00. The Bertz CT molecular complexity index is 499. The molecule has 0 unspecified atom stereocenters. The van der Waals surface area contributed by atoms with Crippen LogP contribution < -0.4 is 0 Å². The molecule has 0 aliphatic heterocycles. The molecule has 3 nitrogen and oxygen atoms in total. The summed E-state index contributed by atoms with van der Waals surface area (Å²) >= 11 is 6.25. The lowest BCUT2D eigenvalue weighted by Crippen LogP contribution is -2.00. The Kier molecular flexibility index (Phi) is 3.06. The van der Waals surface area contributed by atoms with Crippen molar-refractivity contribution in [1.29, 1.82) is 0 Å². The number of hydrogen-bond acceptors (Lipinski definition) is 2.